The van der Waals surface area contributed by atoms with E-state index in [-0.39, 0.29) is 11.8 Å². The van der Waals surface area contributed by atoms with Crippen LogP contribution >= 0.6 is 23.2 Å². The monoisotopic (exact) mass is 386 g/mol. The van der Waals surface area contributed by atoms with Gasteiger partial charge in [-0.1, -0.05) is 36.2 Å². The Morgan fingerprint density at radius 3 is 2.73 bits per heavy atom. The Kier molecular flexibility index (Phi) is 5.17. The summed E-state index contributed by atoms with van der Waals surface area (Å²) in [6.07, 6.45) is 4.55. The molecule has 132 valence electrons. The number of nitriles is 1. The molecular weight excluding hydrogens is 371 g/mol. The van der Waals surface area contributed by atoms with Crippen LogP contribution in [0, 0.1) is 17.2 Å². The average Bonchev–Trinajstić information content (AvgIpc) is 2.97. The van der Waals surface area contributed by atoms with Crippen LogP contribution in [0.4, 0.5) is 5.82 Å². The molecule has 1 N–H and O–H groups in total. The number of amides is 1. The molecule has 7 heteroatoms. The number of rotatable bonds is 3. The molecule has 1 unspecified atom stereocenters. The molecule has 1 aromatic carbocycles. The Balaban J connectivity index is 2.12. The smallest absolute Gasteiger partial charge is 0.222 e. The van der Waals surface area contributed by atoms with E-state index >= 15 is 0 Å². The summed E-state index contributed by atoms with van der Waals surface area (Å²) in [5, 5.41) is 17.6. The highest BCUT2D eigenvalue weighted by Gasteiger charge is 2.21. The van der Waals surface area contributed by atoms with Crippen LogP contribution in [0.15, 0.2) is 41.4 Å². The third-order valence-corrected chi connectivity index (χ3v) is 4.67. The van der Waals surface area contributed by atoms with Crippen molar-refractivity contribution in [2.24, 2.45) is 5.92 Å². The van der Waals surface area contributed by atoms with Gasteiger partial charge in [0.15, 0.2) is 0 Å². The minimum absolute atomic E-state index is 0.206. The average molecular weight is 387 g/mol. The largest absolute Gasteiger partial charge is 0.311 e. The highest BCUT2D eigenvalue weighted by atomic mass is 35.5. The maximum atomic E-state index is 11.6. The van der Waals surface area contributed by atoms with E-state index in [0.29, 0.717) is 22.1 Å². The lowest BCUT2D eigenvalue weighted by Crippen LogP contribution is -2.11. The lowest BCUT2D eigenvalue weighted by Gasteiger charge is -2.17. The fourth-order valence-electron chi connectivity index (χ4n) is 2.88. The van der Waals surface area contributed by atoms with Gasteiger partial charge in [0, 0.05) is 18.0 Å². The van der Waals surface area contributed by atoms with Crippen LogP contribution in [0.1, 0.15) is 31.5 Å². The zero-order chi connectivity index (χ0) is 18.8. The summed E-state index contributed by atoms with van der Waals surface area (Å²) in [5.74, 6) is 0.501. The van der Waals surface area contributed by atoms with Crippen LogP contribution in [-0.2, 0) is 4.79 Å². The Morgan fingerprint density at radius 1 is 1.35 bits per heavy atom. The van der Waals surface area contributed by atoms with Gasteiger partial charge >= 0.3 is 0 Å². The Hall–Kier alpha value is -2.55. The molecule has 1 aliphatic rings. The van der Waals surface area contributed by atoms with Gasteiger partial charge in [-0.3, -0.25) is 4.79 Å². The second-order valence-electron chi connectivity index (χ2n) is 6.13. The molecule has 1 heterocycles. The number of hydrogen-bond donors (Lipinski definition) is 1. The zero-order valence-electron chi connectivity index (χ0n) is 14.3. The van der Waals surface area contributed by atoms with E-state index in [9.17, 15) is 4.79 Å². The minimum atomic E-state index is -0.212. The molecular formula is C19H16Cl2N4O. The molecule has 0 saturated heterocycles. The molecule has 2 aromatic rings. The Bertz CT molecular complexity index is 982. The number of aromatic nitrogens is 2. The number of anilines is 1. The summed E-state index contributed by atoms with van der Waals surface area (Å²) in [4.78, 5) is 11.6. The predicted octanol–water partition coefficient (Wildman–Crippen LogP) is 4.90. The van der Waals surface area contributed by atoms with Crippen LogP contribution < -0.4 is 5.32 Å². The normalized spacial score (nSPS) is 16.5. The van der Waals surface area contributed by atoms with Gasteiger partial charge < -0.3 is 5.32 Å². The molecule has 0 saturated carbocycles. The molecule has 0 bridgehead atoms. The van der Waals surface area contributed by atoms with Crippen LogP contribution in [0.25, 0.3) is 11.3 Å². The topological polar surface area (TPSA) is 70.7 Å². The SMILES string of the molecule is CC(=O)Nc1cc(C2=CC=C(Cl)CC2C)nn1-c1ccc(C#N)cc1Cl. The summed E-state index contributed by atoms with van der Waals surface area (Å²) < 4.78 is 1.58. The zero-order valence-corrected chi connectivity index (χ0v) is 15.8. The summed E-state index contributed by atoms with van der Waals surface area (Å²) in [6.45, 7) is 3.51. The number of nitrogens with one attached hydrogen (secondary N) is 1. The number of hydrogen-bond acceptors (Lipinski definition) is 3. The summed E-state index contributed by atoms with van der Waals surface area (Å²) >= 11 is 12.4. The molecule has 1 aromatic heterocycles. The first-order valence-corrected chi connectivity index (χ1v) is 8.79. The molecule has 1 atom stereocenters. The second-order valence-corrected chi connectivity index (χ2v) is 7.02. The number of carbonyl (C=O) groups excluding carboxylic acids is 1. The molecule has 26 heavy (non-hydrogen) atoms. The van der Waals surface area contributed by atoms with Gasteiger partial charge in [-0.25, -0.2) is 4.68 Å². The third-order valence-electron chi connectivity index (χ3n) is 4.09. The Labute approximate surface area is 161 Å². The van der Waals surface area contributed by atoms with Gasteiger partial charge in [0.25, 0.3) is 0 Å². The van der Waals surface area contributed by atoms with Gasteiger partial charge in [-0.15, -0.1) is 0 Å². The highest BCUT2D eigenvalue weighted by molar-refractivity contribution is 6.32. The summed E-state index contributed by atoms with van der Waals surface area (Å²) in [5.41, 5.74) is 2.81. The summed E-state index contributed by atoms with van der Waals surface area (Å²) in [7, 11) is 0. The number of carbonyl (C=O) groups is 1. The summed E-state index contributed by atoms with van der Waals surface area (Å²) in [6, 6.07) is 8.79. The quantitative estimate of drug-likeness (QED) is 0.814. The van der Waals surface area contributed by atoms with E-state index in [0.717, 1.165) is 22.7 Å². The standard InChI is InChI=1S/C19H16Cl2N4O/c1-11-7-14(20)4-5-15(11)17-9-19(23-12(2)26)25(24-17)18-6-3-13(10-22)8-16(18)21/h3-6,8-9,11H,7H2,1-2H3,(H,23,26). The molecule has 1 amide bonds. The van der Waals surface area contributed by atoms with Crippen LogP contribution in [0.2, 0.25) is 5.02 Å². The van der Waals surface area contributed by atoms with Crippen molar-refractivity contribution < 1.29 is 4.79 Å². The molecule has 0 spiro atoms. The first-order chi connectivity index (χ1) is 12.4. The van der Waals surface area contributed by atoms with E-state index in [1.165, 1.54) is 6.92 Å². The van der Waals surface area contributed by atoms with Crippen LogP contribution in [0.3, 0.4) is 0 Å². The van der Waals surface area contributed by atoms with Gasteiger partial charge in [-0.2, -0.15) is 10.4 Å². The van der Waals surface area contributed by atoms with Crippen molar-refractivity contribution in [2.45, 2.75) is 20.3 Å². The van der Waals surface area contributed by atoms with Crippen molar-refractivity contribution in [3.63, 3.8) is 0 Å². The van der Waals surface area contributed by atoms with Crippen molar-refractivity contribution in [3.8, 4) is 11.8 Å². The van der Waals surface area contributed by atoms with Gasteiger partial charge in [0.1, 0.15) is 5.82 Å². The van der Waals surface area contributed by atoms with E-state index in [1.54, 1.807) is 22.9 Å². The lowest BCUT2D eigenvalue weighted by atomic mass is 9.91. The van der Waals surface area contributed by atoms with Gasteiger partial charge in [0.05, 0.1) is 28.0 Å². The van der Waals surface area contributed by atoms with Crippen molar-refractivity contribution >= 4 is 40.5 Å². The molecule has 1 aliphatic carbocycles. The van der Waals surface area contributed by atoms with E-state index in [4.69, 9.17) is 28.5 Å². The van der Waals surface area contributed by atoms with Crippen molar-refractivity contribution in [1.82, 2.24) is 9.78 Å². The third kappa shape index (κ3) is 3.67. The van der Waals surface area contributed by atoms with Crippen molar-refractivity contribution in [1.29, 1.82) is 5.26 Å². The van der Waals surface area contributed by atoms with Crippen molar-refractivity contribution in [3.05, 3.63) is 57.7 Å². The van der Waals surface area contributed by atoms with Gasteiger partial charge in [-0.05, 0) is 42.2 Å². The fraction of sp³-hybridized carbons (Fsp3) is 0.211. The number of allylic oxidation sites excluding steroid dienone is 4. The minimum Gasteiger partial charge on any atom is -0.311 e. The lowest BCUT2D eigenvalue weighted by molar-refractivity contribution is -0.114. The first-order valence-electron chi connectivity index (χ1n) is 8.03. The maximum Gasteiger partial charge on any atom is 0.222 e. The highest BCUT2D eigenvalue weighted by Crippen LogP contribution is 2.35. The Morgan fingerprint density at radius 2 is 2.12 bits per heavy atom. The number of nitrogens with zero attached hydrogens (tertiary/aromatic N) is 3. The number of halogens is 2. The molecule has 0 fully saturated rings. The van der Waals surface area contributed by atoms with E-state index < -0.39 is 0 Å². The van der Waals surface area contributed by atoms with Crippen LogP contribution in [0.5, 0.6) is 0 Å². The first kappa shape index (κ1) is 18.2. The molecule has 3 rings (SSSR count). The maximum absolute atomic E-state index is 11.6. The van der Waals surface area contributed by atoms with E-state index in [2.05, 4.69) is 17.3 Å². The predicted molar refractivity (Wildman–Crippen MR) is 103 cm³/mol. The number of benzene rings is 1. The molecule has 0 radical (unpaired) electrons. The molecule has 5 nitrogen and oxygen atoms in total. The van der Waals surface area contributed by atoms with Gasteiger partial charge in [0.2, 0.25) is 5.91 Å². The van der Waals surface area contributed by atoms with Crippen molar-refractivity contribution in [2.75, 3.05) is 5.32 Å². The second kappa shape index (κ2) is 7.36. The fourth-order valence-corrected chi connectivity index (χ4v) is 3.43. The van der Waals surface area contributed by atoms with Crippen LogP contribution in [-0.4, -0.2) is 15.7 Å². The molecule has 0 aliphatic heterocycles. The van der Waals surface area contributed by atoms with E-state index in [1.807, 2.05) is 24.3 Å².